The molecule has 0 unspecified atom stereocenters. The molecule has 2 N–H and O–H groups in total. The van der Waals surface area contributed by atoms with Gasteiger partial charge >= 0.3 is 0 Å². The SMILES string of the molecule is Cc1ccccc1C(=O)[C@H](C)N. The second kappa shape index (κ2) is 3.50. The van der Waals surface area contributed by atoms with Crippen molar-refractivity contribution >= 4 is 5.78 Å². The van der Waals surface area contributed by atoms with Crippen molar-refractivity contribution in [3.05, 3.63) is 35.4 Å². The molecule has 0 spiro atoms. The Morgan fingerprint density at radius 3 is 2.50 bits per heavy atom. The summed E-state index contributed by atoms with van der Waals surface area (Å²) in [4.78, 5) is 11.4. The lowest BCUT2D eigenvalue weighted by Crippen LogP contribution is -2.27. The van der Waals surface area contributed by atoms with Crippen LogP contribution >= 0.6 is 0 Å². The minimum atomic E-state index is -0.411. The zero-order valence-corrected chi connectivity index (χ0v) is 7.37. The van der Waals surface area contributed by atoms with E-state index in [1.165, 1.54) is 0 Å². The van der Waals surface area contributed by atoms with E-state index in [9.17, 15) is 4.79 Å². The van der Waals surface area contributed by atoms with Crippen LogP contribution in [-0.4, -0.2) is 11.8 Å². The molecule has 0 aliphatic heterocycles. The zero-order chi connectivity index (χ0) is 9.14. The molecule has 0 aliphatic rings. The average molecular weight is 163 g/mol. The Bertz CT molecular complexity index is 292. The van der Waals surface area contributed by atoms with Crippen LogP contribution < -0.4 is 5.73 Å². The molecule has 0 bridgehead atoms. The van der Waals surface area contributed by atoms with Gasteiger partial charge in [-0.1, -0.05) is 24.3 Å². The lowest BCUT2D eigenvalue weighted by Gasteiger charge is -2.06. The van der Waals surface area contributed by atoms with E-state index >= 15 is 0 Å². The lowest BCUT2D eigenvalue weighted by atomic mass is 10.0. The molecule has 0 heterocycles. The number of rotatable bonds is 2. The highest BCUT2D eigenvalue weighted by Gasteiger charge is 2.11. The molecular formula is C10H13NO. The van der Waals surface area contributed by atoms with Gasteiger partial charge in [-0.15, -0.1) is 0 Å². The summed E-state index contributed by atoms with van der Waals surface area (Å²) in [6.45, 7) is 3.62. The number of aryl methyl sites for hydroxylation is 1. The Labute approximate surface area is 72.4 Å². The lowest BCUT2D eigenvalue weighted by molar-refractivity contribution is 0.0967. The second-order valence-electron chi connectivity index (χ2n) is 2.97. The molecule has 1 aromatic carbocycles. The summed E-state index contributed by atoms with van der Waals surface area (Å²) in [6.07, 6.45) is 0. The predicted octanol–water partition coefficient (Wildman–Crippen LogP) is 1.52. The van der Waals surface area contributed by atoms with Crippen LogP contribution in [0.1, 0.15) is 22.8 Å². The van der Waals surface area contributed by atoms with Crippen molar-refractivity contribution in [2.45, 2.75) is 19.9 Å². The summed E-state index contributed by atoms with van der Waals surface area (Å²) in [5, 5.41) is 0. The Hall–Kier alpha value is -1.15. The van der Waals surface area contributed by atoms with E-state index in [0.717, 1.165) is 11.1 Å². The first-order chi connectivity index (χ1) is 5.63. The summed E-state index contributed by atoms with van der Waals surface area (Å²) in [7, 11) is 0. The molecule has 1 aromatic rings. The molecule has 0 saturated heterocycles. The van der Waals surface area contributed by atoms with E-state index < -0.39 is 6.04 Å². The third kappa shape index (κ3) is 1.71. The van der Waals surface area contributed by atoms with Gasteiger partial charge < -0.3 is 5.73 Å². The van der Waals surface area contributed by atoms with Gasteiger partial charge in [0.05, 0.1) is 6.04 Å². The van der Waals surface area contributed by atoms with Crippen molar-refractivity contribution in [3.63, 3.8) is 0 Å². The van der Waals surface area contributed by atoms with E-state index in [0.29, 0.717) is 0 Å². The standard InChI is InChI=1S/C10H13NO/c1-7-5-3-4-6-9(7)10(12)8(2)11/h3-6,8H,11H2,1-2H3/t8-/m0/s1. The van der Waals surface area contributed by atoms with Crippen molar-refractivity contribution in [2.75, 3.05) is 0 Å². The van der Waals surface area contributed by atoms with Crippen molar-refractivity contribution in [3.8, 4) is 0 Å². The van der Waals surface area contributed by atoms with Gasteiger partial charge in [-0.2, -0.15) is 0 Å². The Balaban J connectivity index is 3.03. The molecule has 0 amide bonds. The number of carbonyl (C=O) groups is 1. The maximum atomic E-state index is 11.4. The molecule has 2 heteroatoms. The Morgan fingerprint density at radius 1 is 1.42 bits per heavy atom. The highest BCUT2D eigenvalue weighted by Crippen LogP contribution is 2.08. The molecule has 1 rings (SSSR count). The average Bonchev–Trinajstić information content (AvgIpc) is 2.04. The third-order valence-corrected chi connectivity index (χ3v) is 1.82. The summed E-state index contributed by atoms with van der Waals surface area (Å²) >= 11 is 0. The van der Waals surface area contributed by atoms with Crippen molar-refractivity contribution in [1.82, 2.24) is 0 Å². The van der Waals surface area contributed by atoms with E-state index in [2.05, 4.69) is 0 Å². The van der Waals surface area contributed by atoms with Crippen LogP contribution in [0.5, 0.6) is 0 Å². The van der Waals surface area contributed by atoms with Crippen LogP contribution in [0.4, 0.5) is 0 Å². The monoisotopic (exact) mass is 163 g/mol. The molecule has 0 saturated carbocycles. The van der Waals surface area contributed by atoms with E-state index in [4.69, 9.17) is 5.73 Å². The minimum Gasteiger partial charge on any atom is -0.321 e. The molecule has 2 nitrogen and oxygen atoms in total. The van der Waals surface area contributed by atoms with E-state index in [1.54, 1.807) is 13.0 Å². The number of hydrogen-bond acceptors (Lipinski definition) is 2. The fourth-order valence-electron chi connectivity index (χ4n) is 1.09. The number of ketones is 1. The van der Waals surface area contributed by atoms with Gasteiger partial charge in [0.2, 0.25) is 0 Å². The predicted molar refractivity (Wildman–Crippen MR) is 49.2 cm³/mol. The van der Waals surface area contributed by atoms with Crippen molar-refractivity contribution < 1.29 is 4.79 Å². The minimum absolute atomic E-state index is 0.00750. The first-order valence-corrected chi connectivity index (χ1v) is 3.98. The fourth-order valence-corrected chi connectivity index (χ4v) is 1.09. The molecular weight excluding hydrogens is 150 g/mol. The van der Waals surface area contributed by atoms with Gasteiger partial charge in [-0.3, -0.25) is 4.79 Å². The van der Waals surface area contributed by atoms with Gasteiger partial charge in [0.25, 0.3) is 0 Å². The molecule has 64 valence electrons. The molecule has 0 aliphatic carbocycles. The highest BCUT2D eigenvalue weighted by molar-refractivity contribution is 6.00. The van der Waals surface area contributed by atoms with E-state index in [-0.39, 0.29) is 5.78 Å². The topological polar surface area (TPSA) is 43.1 Å². The zero-order valence-electron chi connectivity index (χ0n) is 7.37. The number of Topliss-reactive ketones (excluding diaryl/α,β-unsaturated/α-hetero) is 1. The van der Waals surface area contributed by atoms with Gasteiger partial charge in [0.15, 0.2) is 5.78 Å². The smallest absolute Gasteiger partial charge is 0.179 e. The van der Waals surface area contributed by atoms with Crippen LogP contribution in [0.25, 0.3) is 0 Å². The van der Waals surface area contributed by atoms with Crippen LogP contribution in [0.3, 0.4) is 0 Å². The second-order valence-corrected chi connectivity index (χ2v) is 2.97. The van der Waals surface area contributed by atoms with Crippen LogP contribution in [-0.2, 0) is 0 Å². The normalized spacial score (nSPS) is 12.6. The summed E-state index contributed by atoms with van der Waals surface area (Å²) in [5.41, 5.74) is 7.20. The first-order valence-electron chi connectivity index (χ1n) is 3.98. The summed E-state index contributed by atoms with van der Waals surface area (Å²) in [5.74, 6) is 0.00750. The maximum absolute atomic E-state index is 11.4. The quantitative estimate of drug-likeness (QED) is 0.672. The largest absolute Gasteiger partial charge is 0.321 e. The van der Waals surface area contributed by atoms with Crippen LogP contribution in [0.2, 0.25) is 0 Å². The number of benzene rings is 1. The maximum Gasteiger partial charge on any atom is 0.179 e. The summed E-state index contributed by atoms with van der Waals surface area (Å²) in [6, 6.07) is 7.07. The number of carbonyl (C=O) groups excluding carboxylic acids is 1. The first kappa shape index (κ1) is 8.94. The van der Waals surface area contributed by atoms with Gasteiger partial charge in [0, 0.05) is 5.56 Å². The highest BCUT2D eigenvalue weighted by atomic mass is 16.1. The fraction of sp³-hybridized carbons (Fsp3) is 0.300. The van der Waals surface area contributed by atoms with Gasteiger partial charge in [-0.05, 0) is 19.4 Å². The number of nitrogens with two attached hydrogens (primary N) is 1. The molecule has 0 fully saturated rings. The van der Waals surface area contributed by atoms with E-state index in [1.807, 2.05) is 25.1 Å². The van der Waals surface area contributed by atoms with Crippen molar-refractivity contribution in [1.29, 1.82) is 0 Å². The summed E-state index contributed by atoms with van der Waals surface area (Å²) < 4.78 is 0. The van der Waals surface area contributed by atoms with Crippen LogP contribution in [0, 0.1) is 6.92 Å². The Morgan fingerprint density at radius 2 is 2.00 bits per heavy atom. The molecule has 12 heavy (non-hydrogen) atoms. The van der Waals surface area contributed by atoms with Gasteiger partial charge in [0.1, 0.15) is 0 Å². The molecule has 0 aromatic heterocycles. The van der Waals surface area contributed by atoms with Gasteiger partial charge in [-0.25, -0.2) is 0 Å². The molecule has 1 atom stereocenters. The van der Waals surface area contributed by atoms with Crippen molar-refractivity contribution in [2.24, 2.45) is 5.73 Å². The number of hydrogen-bond donors (Lipinski definition) is 1. The third-order valence-electron chi connectivity index (χ3n) is 1.82. The van der Waals surface area contributed by atoms with Crippen LogP contribution in [0.15, 0.2) is 24.3 Å². The molecule has 0 radical (unpaired) electrons. The Kier molecular flexibility index (Phi) is 2.61.